The lowest BCUT2D eigenvalue weighted by molar-refractivity contribution is -0.137. The van der Waals surface area contributed by atoms with Gasteiger partial charge < -0.3 is 29.3 Å². The number of hydrogen-bond acceptors (Lipinski definition) is 6. The molecule has 1 aliphatic carbocycles. The molecule has 2 aliphatic rings. The average molecular weight is 546 g/mol. The Morgan fingerprint density at radius 1 is 1.08 bits per heavy atom. The molecular formula is C31H51N3O5. The van der Waals surface area contributed by atoms with Crippen LogP contribution in [0.15, 0.2) is 18.2 Å². The molecule has 1 saturated carbocycles. The van der Waals surface area contributed by atoms with Gasteiger partial charge in [0.2, 0.25) is 5.91 Å². The molecule has 1 aromatic carbocycles. The fourth-order valence-corrected chi connectivity index (χ4v) is 5.67. The third-order valence-electron chi connectivity index (χ3n) is 8.34. The minimum atomic E-state index is -0.386. The van der Waals surface area contributed by atoms with Crippen LogP contribution in [0.4, 0.5) is 5.69 Å². The number of benzene rings is 1. The Balaban J connectivity index is 1.89. The van der Waals surface area contributed by atoms with Crippen LogP contribution in [0.5, 0.6) is 5.75 Å². The van der Waals surface area contributed by atoms with Crippen LogP contribution in [0, 0.1) is 11.8 Å². The summed E-state index contributed by atoms with van der Waals surface area (Å²) in [4.78, 5) is 32.9. The lowest BCUT2D eigenvalue weighted by Crippen LogP contribution is -2.48. The van der Waals surface area contributed by atoms with Crippen molar-refractivity contribution in [2.75, 3.05) is 52.3 Å². The van der Waals surface area contributed by atoms with Gasteiger partial charge in [-0.25, -0.2) is 0 Å². The Kier molecular flexibility index (Phi) is 11.9. The predicted octanol–water partition coefficient (Wildman–Crippen LogP) is 4.59. The van der Waals surface area contributed by atoms with Crippen LogP contribution >= 0.6 is 0 Å². The third kappa shape index (κ3) is 8.58. The number of carbonyl (C=O) groups is 2. The number of rotatable bonds is 6. The summed E-state index contributed by atoms with van der Waals surface area (Å²) in [5.41, 5.74) is 1.41. The number of aliphatic hydroxyl groups is 1. The zero-order valence-electron chi connectivity index (χ0n) is 25.0. The van der Waals surface area contributed by atoms with Gasteiger partial charge in [-0.05, 0) is 64.2 Å². The monoisotopic (exact) mass is 545 g/mol. The van der Waals surface area contributed by atoms with Gasteiger partial charge in [0, 0.05) is 58.4 Å². The highest BCUT2D eigenvalue weighted by Gasteiger charge is 2.32. The van der Waals surface area contributed by atoms with Crippen molar-refractivity contribution in [3.63, 3.8) is 0 Å². The highest BCUT2D eigenvalue weighted by molar-refractivity contribution is 5.98. The Bertz CT molecular complexity index is 933. The quantitative estimate of drug-likeness (QED) is 0.563. The number of fused-ring (bicyclic) bond motifs is 1. The van der Waals surface area contributed by atoms with Gasteiger partial charge in [-0.2, -0.15) is 0 Å². The molecule has 0 aromatic heterocycles. The Morgan fingerprint density at radius 2 is 1.77 bits per heavy atom. The average Bonchev–Trinajstić information content (AvgIpc) is 2.93. The number of ether oxygens (including phenoxy) is 2. The van der Waals surface area contributed by atoms with Crippen LogP contribution in [-0.2, 0) is 9.53 Å². The first kappa shape index (κ1) is 31.2. The van der Waals surface area contributed by atoms with E-state index in [1.807, 2.05) is 63.0 Å². The lowest BCUT2D eigenvalue weighted by atomic mass is 9.88. The maximum absolute atomic E-state index is 14.1. The second kappa shape index (κ2) is 14.9. The zero-order valence-corrected chi connectivity index (χ0v) is 25.0. The molecular weight excluding hydrogens is 494 g/mol. The van der Waals surface area contributed by atoms with E-state index < -0.39 is 0 Å². The van der Waals surface area contributed by atoms with Crippen LogP contribution in [0.2, 0.25) is 0 Å². The van der Waals surface area contributed by atoms with Crippen molar-refractivity contribution in [3.05, 3.63) is 23.8 Å². The molecule has 1 heterocycles. The van der Waals surface area contributed by atoms with E-state index in [-0.39, 0.29) is 48.5 Å². The van der Waals surface area contributed by atoms with E-state index in [0.29, 0.717) is 31.0 Å². The Morgan fingerprint density at radius 3 is 2.44 bits per heavy atom. The van der Waals surface area contributed by atoms with Crippen molar-refractivity contribution in [1.82, 2.24) is 9.80 Å². The minimum Gasteiger partial charge on any atom is -0.490 e. The fraction of sp³-hybridized carbons (Fsp3) is 0.742. The molecule has 4 atom stereocenters. The summed E-state index contributed by atoms with van der Waals surface area (Å²) in [7, 11) is 5.78. The molecule has 1 fully saturated rings. The molecule has 0 bridgehead atoms. The lowest BCUT2D eigenvalue weighted by Gasteiger charge is -2.36. The van der Waals surface area contributed by atoms with Crippen molar-refractivity contribution in [2.24, 2.45) is 11.8 Å². The van der Waals surface area contributed by atoms with E-state index in [1.165, 1.54) is 6.42 Å². The number of amides is 2. The molecule has 2 amide bonds. The van der Waals surface area contributed by atoms with Gasteiger partial charge in [0.25, 0.3) is 5.91 Å². The van der Waals surface area contributed by atoms with Crippen LogP contribution in [0.1, 0.15) is 82.5 Å². The molecule has 0 spiro atoms. The van der Waals surface area contributed by atoms with Gasteiger partial charge in [-0.3, -0.25) is 9.59 Å². The molecule has 0 saturated heterocycles. The highest BCUT2D eigenvalue weighted by Crippen LogP contribution is 2.30. The predicted molar refractivity (Wildman–Crippen MR) is 155 cm³/mol. The van der Waals surface area contributed by atoms with Crippen molar-refractivity contribution in [2.45, 2.75) is 90.4 Å². The van der Waals surface area contributed by atoms with Gasteiger partial charge >= 0.3 is 0 Å². The summed E-state index contributed by atoms with van der Waals surface area (Å²) in [6.07, 6.45) is 7.83. The molecule has 3 rings (SSSR count). The van der Waals surface area contributed by atoms with E-state index in [1.54, 1.807) is 4.90 Å². The molecule has 1 aliphatic heterocycles. The van der Waals surface area contributed by atoms with Crippen LogP contribution in [0.25, 0.3) is 0 Å². The number of hydrogen-bond donors (Lipinski definition) is 1. The smallest absolute Gasteiger partial charge is 0.258 e. The summed E-state index contributed by atoms with van der Waals surface area (Å²) in [5.74, 6) is 0.666. The van der Waals surface area contributed by atoms with Gasteiger partial charge in [-0.15, -0.1) is 0 Å². The van der Waals surface area contributed by atoms with E-state index in [4.69, 9.17) is 9.47 Å². The number of carbonyl (C=O) groups excluding carboxylic acids is 2. The van der Waals surface area contributed by atoms with Gasteiger partial charge in [0.1, 0.15) is 5.75 Å². The Labute approximate surface area is 235 Å². The van der Waals surface area contributed by atoms with E-state index >= 15 is 0 Å². The molecule has 8 heteroatoms. The third-order valence-corrected chi connectivity index (χ3v) is 8.34. The van der Waals surface area contributed by atoms with Crippen LogP contribution < -0.4 is 9.64 Å². The van der Waals surface area contributed by atoms with Crippen molar-refractivity contribution >= 4 is 17.5 Å². The SMILES string of the molecule is C[C@@H]1CCCCO[C@@H](CN(C)C(=O)C2CCCCC2)[C@H](C)CN([C@@H](C)CO)C(=O)c2cc(N(C)C)ccc2O1. The maximum atomic E-state index is 14.1. The molecule has 1 N–H and O–H groups in total. The van der Waals surface area contributed by atoms with E-state index in [9.17, 15) is 14.7 Å². The number of anilines is 1. The first-order valence-corrected chi connectivity index (χ1v) is 14.9. The molecule has 8 nitrogen and oxygen atoms in total. The first-order chi connectivity index (χ1) is 18.6. The standard InChI is InChI=1S/C31H51N3O5/c1-22-19-34(23(2)21-35)31(37)27-18-26(32(4)5)15-16-28(27)39-24(3)12-10-11-17-38-29(22)20-33(6)30(36)25-13-8-7-9-14-25/h15-16,18,22-25,29,35H,7-14,17,19-21H2,1-6H3/t22-,23+,24-,29+/m1/s1. The molecule has 220 valence electrons. The largest absolute Gasteiger partial charge is 0.490 e. The van der Waals surface area contributed by atoms with Gasteiger partial charge in [0.05, 0.1) is 30.4 Å². The Hall–Kier alpha value is -2.32. The zero-order chi connectivity index (χ0) is 28.5. The second-order valence-corrected chi connectivity index (χ2v) is 11.9. The second-order valence-electron chi connectivity index (χ2n) is 11.9. The molecule has 0 unspecified atom stereocenters. The molecule has 0 radical (unpaired) electrons. The summed E-state index contributed by atoms with van der Waals surface area (Å²) in [6, 6.07) is 5.34. The topological polar surface area (TPSA) is 82.6 Å². The summed E-state index contributed by atoms with van der Waals surface area (Å²) >= 11 is 0. The first-order valence-electron chi connectivity index (χ1n) is 14.9. The van der Waals surface area contributed by atoms with Crippen molar-refractivity contribution < 1.29 is 24.2 Å². The summed E-state index contributed by atoms with van der Waals surface area (Å²) < 4.78 is 12.7. The number of nitrogens with zero attached hydrogens (tertiary/aromatic N) is 3. The minimum absolute atomic E-state index is 0.0483. The molecule has 1 aromatic rings. The number of likely N-dealkylation sites (N-methyl/N-ethyl adjacent to an activating group) is 1. The maximum Gasteiger partial charge on any atom is 0.258 e. The van der Waals surface area contributed by atoms with Crippen LogP contribution in [-0.4, -0.2) is 92.4 Å². The number of aliphatic hydroxyl groups excluding tert-OH is 1. The summed E-state index contributed by atoms with van der Waals surface area (Å²) in [5, 5.41) is 10.1. The normalized spacial score (nSPS) is 24.7. The van der Waals surface area contributed by atoms with Gasteiger partial charge in [-0.1, -0.05) is 26.2 Å². The molecule has 39 heavy (non-hydrogen) atoms. The van der Waals surface area contributed by atoms with Crippen molar-refractivity contribution in [3.8, 4) is 5.75 Å². The highest BCUT2D eigenvalue weighted by atomic mass is 16.5. The summed E-state index contributed by atoms with van der Waals surface area (Å²) in [6.45, 7) is 7.32. The fourth-order valence-electron chi connectivity index (χ4n) is 5.67. The van der Waals surface area contributed by atoms with Crippen molar-refractivity contribution in [1.29, 1.82) is 0 Å². The van der Waals surface area contributed by atoms with Crippen LogP contribution in [0.3, 0.4) is 0 Å². The van der Waals surface area contributed by atoms with E-state index in [2.05, 4.69) is 6.92 Å². The van der Waals surface area contributed by atoms with E-state index in [0.717, 1.165) is 50.6 Å². The van der Waals surface area contributed by atoms with Gasteiger partial charge in [0.15, 0.2) is 0 Å².